The third kappa shape index (κ3) is 4.53. The second-order valence-electron chi connectivity index (χ2n) is 8.66. The molecule has 142 valence electrons. The first-order chi connectivity index (χ1) is 12.7. The van der Waals surface area contributed by atoms with Crippen molar-refractivity contribution in [2.75, 3.05) is 0 Å². The molecular weight excluding hydrogens is 331 g/mol. The second kappa shape index (κ2) is 7.65. The Morgan fingerprint density at radius 3 is 2.19 bits per heavy atom. The summed E-state index contributed by atoms with van der Waals surface area (Å²) in [5, 5.41) is 0. The van der Waals surface area contributed by atoms with Crippen LogP contribution in [0, 0.1) is 6.92 Å². The average molecular weight is 362 g/mol. The molecule has 1 aliphatic rings. The molecule has 1 atom stereocenters. The fraction of sp³-hybridized carbons (Fsp3) is 0.417. The van der Waals surface area contributed by atoms with Crippen LogP contribution in [-0.2, 0) is 9.31 Å². The fourth-order valence-corrected chi connectivity index (χ4v) is 3.56. The third-order valence-electron chi connectivity index (χ3n) is 5.90. The summed E-state index contributed by atoms with van der Waals surface area (Å²) in [6.45, 7) is 12.8. The van der Waals surface area contributed by atoms with E-state index in [1.165, 1.54) is 22.3 Å². The minimum absolute atomic E-state index is 0.207. The van der Waals surface area contributed by atoms with E-state index < -0.39 is 0 Å². The van der Waals surface area contributed by atoms with Crippen LogP contribution in [-0.4, -0.2) is 18.3 Å². The zero-order chi connectivity index (χ0) is 19.7. The summed E-state index contributed by atoms with van der Waals surface area (Å²) in [6, 6.07) is 19.3. The largest absolute Gasteiger partial charge is 0.458 e. The van der Waals surface area contributed by atoms with E-state index in [0.29, 0.717) is 0 Å². The monoisotopic (exact) mass is 362 g/mol. The van der Waals surface area contributed by atoms with E-state index in [9.17, 15) is 0 Å². The Labute approximate surface area is 164 Å². The summed E-state index contributed by atoms with van der Waals surface area (Å²) >= 11 is 0. The van der Waals surface area contributed by atoms with E-state index in [1.807, 2.05) is 0 Å². The van der Waals surface area contributed by atoms with Crippen LogP contribution >= 0.6 is 0 Å². The third-order valence-corrected chi connectivity index (χ3v) is 5.90. The van der Waals surface area contributed by atoms with Crippen LogP contribution in [0.4, 0.5) is 0 Å². The highest BCUT2D eigenvalue weighted by molar-refractivity contribution is 6.45. The van der Waals surface area contributed by atoms with Crippen molar-refractivity contribution in [3.8, 4) is 0 Å². The Kier molecular flexibility index (Phi) is 5.64. The van der Waals surface area contributed by atoms with E-state index in [1.54, 1.807) is 0 Å². The predicted molar refractivity (Wildman–Crippen MR) is 115 cm³/mol. The molecule has 0 amide bonds. The van der Waals surface area contributed by atoms with Gasteiger partial charge >= 0.3 is 7.12 Å². The zero-order valence-corrected chi connectivity index (χ0v) is 17.5. The summed E-state index contributed by atoms with van der Waals surface area (Å²) in [7, 11) is -0.207. The van der Waals surface area contributed by atoms with Gasteiger partial charge in [-0.3, -0.25) is 0 Å². The molecule has 1 fully saturated rings. The summed E-state index contributed by atoms with van der Waals surface area (Å²) in [6.07, 6.45) is 3.16. The molecule has 1 unspecified atom stereocenters. The van der Waals surface area contributed by atoms with Crippen LogP contribution < -0.4 is 0 Å². The molecule has 2 aromatic carbocycles. The lowest BCUT2D eigenvalue weighted by atomic mass is 9.74. The Morgan fingerprint density at radius 2 is 1.59 bits per heavy atom. The van der Waals surface area contributed by atoms with Gasteiger partial charge in [-0.1, -0.05) is 66.2 Å². The van der Waals surface area contributed by atoms with Gasteiger partial charge in [0, 0.05) is 5.92 Å². The van der Waals surface area contributed by atoms with Gasteiger partial charge < -0.3 is 9.31 Å². The number of aryl methyl sites for hydroxylation is 1. The molecule has 0 spiro atoms. The van der Waals surface area contributed by atoms with Gasteiger partial charge in [0.05, 0.1) is 11.2 Å². The lowest BCUT2D eigenvalue weighted by Gasteiger charge is -2.32. The van der Waals surface area contributed by atoms with Gasteiger partial charge in [0.25, 0.3) is 0 Å². The van der Waals surface area contributed by atoms with Gasteiger partial charge in [0.15, 0.2) is 0 Å². The maximum absolute atomic E-state index is 6.27. The van der Waals surface area contributed by atoms with E-state index in [0.717, 1.165) is 6.32 Å². The van der Waals surface area contributed by atoms with Crippen LogP contribution in [0.15, 0.2) is 60.7 Å². The second-order valence-corrected chi connectivity index (χ2v) is 8.66. The number of rotatable bonds is 5. The van der Waals surface area contributed by atoms with Crippen LogP contribution in [0.2, 0.25) is 6.32 Å². The smallest absolute Gasteiger partial charge is 0.403 e. The normalized spacial score (nSPS) is 19.9. The number of hydrogen-bond acceptors (Lipinski definition) is 2. The molecule has 0 radical (unpaired) electrons. The van der Waals surface area contributed by atoms with E-state index in [2.05, 4.69) is 102 Å². The molecule has 0 aliphatic carbocycles. The number of allylic oxidation sites excluding steroid dienone is 2. The summed E-state index contributed by atoms with van der Waals surface area (Å²) in [5.74, 6) is 0.237. The molecule has 2 nitrogen and oxygen atoms in total. The molecule has 1 aliphatic heterocycles. The SMILES string of the molecule is C/C(=C\C(CB1OC(C)(C)C(C)(C)O1)c1ccccc1)c1cccc(C)c1. The molecule has 0 N–H and O–H groups in total. The molecule has 0 aromatic heterocycles. The molecule has 0 saturated carbocycles. The van der Waals surface area contributed by atoms with Crippen molar-refractivity contribution in [3.63, 3.8) is 0 Å². The van der Waals surface area contributed by atoms with E-state index in [4.69, 9.17) is 9.31 Å². The van der Waals surface area contributed by atoms with Crippen LogP contribution in [0.5, 0.6) is 0 Å². The fourth-order valence-electron chi connectivity index (χ4n) is 3.56. The molecule has 1 saturated heterocycles. The molecule has 2 aromatic rings. The molecule has 27 heavy (non-hydrogen) atoms. The molecular formula is C24H31BO2. The lowest BCUT2D eigenvalue weighted by molar-refractivity contribution is 0.00578. The van der Waals surface area contributed by atoms with Crippen LogP contribution in [0.25, 0.3) is 5.57 Å². The van der Waals surface area contributed by atoms with Crippen molar-refractivity contribution in [1.29, 1.82) is 0 Å². The maximum atomic E-state index is 6.27. The Morgan fingerprint density at radius 1 is 0.963 bits per heavy atom. The van der Waals surface area contributed by atoms with Crippen LogP contribution in [0.1, 0.15) is 57.2 Å². The minimum atomic E-state index is -0.297. The molecule has 3 heteroatoms. The molecule has 1 heterocycles. The highest BCUT2D eigenvalue weighted by Gasteiger charge is 2.51. The average Bonchev–Trinajstić information content (AvgIpc) is 2.81. The van der Waals surface area contributed by atoms with Crippen molar-refractivity contribution < 1.29 is 9.31 Å². The quantitative estimate of drug-likeness (QED) is 0.583. The lowest BCUT2D eigenvalue weighted by Crippen LogP contribution is -2.41. The van der Waals surface area contributed by atoms with Gasteiger partial charge in [0.1, 0.15) is 0 Å². The minimum Gasteiger partial charge on any atom is -0.403 e. The number of benzene rings is 2. The molecule has 3 rings (SSSR count). The summed E-state index contributed by atoms with van der Waals surface area (Å²) in [5.41, 5.74) is 4.53. The van der Waals surface area contributed by atoms with Crippen molar-refractivity contribution >= 4 is 12.7 Å². The first kappa shape index (κ1) is 19.9. The van der Waals surface area contributed by atoms with E-state index >= 15 is 0 Å². The Hall–Kier alpha value is -1.84. The number of hydrogen-bond donors (Lipinski definition) is 0. The van der Waals surface area contributed by atoms with Gasteiger partial charge in [-0.05, 0) is 64.6 Å². The first-order valence-corrected chi connectivity index (χ1v) is 9.84. The Bertz CT molecular complexity index is 792. The molecule has 0 bridgehead atoms. The topological polar surface area (TPSA) is 18.5 Å². The van der Waals surface area contributed by atoms with Gasteiger partial charge in [0.2, 0.25) is 0 Å². The van der Waals surface area contributed by atoms with Crippen molar-refractivity contribution in [2.24, 2.45) is 0 Å². The predicted octanol–water partition coefficient (Wildman–Crippen LogP) is 6.27. The van der Waals surface area contributed by atoms with Crippen molar-refractivity contribution in [3.05, 3.63) is 77.4 Å². The zero-order valence-electron chi connectivity index (χ0n) is 17.5. The van der Waals surface area contributed by atoms with Gasteiger partial charge in [-0.15, -0.1) is 0 Å². The van der Waals surface area contributed by atoms with Gasteiger partial charge in [-0.2, -0.15) is 0 Å². The highest BCUT2D eigenvalue weighted by atomic mass is 16.7. The summed E-state index contributed by atoms with van der Waals surface area (Å²) in [4.78, 5) is 0. The van der Waals surface area contributed by atoms with Crippen molar-refractivity contribution in [2.45, 2.75) is 65.0 Å². The highest BCUT2D eigenvalue weighted by Crippen LogP contribution is 2.40. The standard InChI is InChI=1S/C24H31BO2/c1-18-11-10-14-21(15-18)19(2)16-22(20-12-8-7-9-13-20)17-25-26-23(3,4)24(5,6)27-25/h7-16,22H,17H2,1-6H3/b19-16+. The van der Waals surface area contributed by atoms with Crippen LogP contribution in [0.3, 0.4) is 0 Å². The Balaban J connectivity index is 1.88. The van der Waals surface area contributed by atoms with Gasteiger partial charge in [-0.25, -0.2) is 0 Å². The van der Waals surface area contributed by atoms with E-state index in [-0.39, 0.29) is 24.2 Å². The maximum Gasteiger partial charge on any atom is 0.458 e. The van der Waals surface area contributed by atoms with Crippen molar-refractivity contribution in [1.82, 2.24) is 0 Å². The summed E-state index contributed by atoms with van der Waals surface area (Å²) < 4.78 is 12.5. The first-order valence-electron chi connectivity index (χ1n) is 9.84.